The van der Waals surface area contributed by atoms with Gasteiger partial charge in [-0.3, -0.25) is 4.79 Å². The third-order valence-corrected chi connectivity index (χ3v) is 5.17. The summed E-state index contributed by atoms with van der Waals surface area (Å²) in [5.74, 6) is 0.222. The number of fused-ring (bicyclic) bond motifs is 1. The zero-order chi connectivity index (χ0) is 16.7. The summed E-state index contributed by atoms with van der Waals surface area (Å²) in [6.45, 7) is 10.4. The number of amides is 1. The van der Waals surface area contributed by atoms with Gasteiger partial charge in [-0.15, -0.1) is 11.3 Å². The molecule has 1 aromatic carbocycles. The highest BCUT2D eigenvalue weighted by Crippen LogP contribution is 2.30. The zero-order valence-electron chi connectivity index (χ0n) is 14.0. The first-order valence-corrected chi connectivity index (χ1v) is 8.40. The Labute approximate surface area is 139 Å². The van der Waals surface area contributed by atoms with Crippen LogP contribution >= 0.6 is 11.3 Å². The van der Waals surface area contributed by atoms with E-state index in [9.17, 15) is 4.79 Å². The number of nitrogens with zero attached hydrogens (tertiary/aromatic N) is 1. The van der Waals surface area contributed by atoms with Crippen molar-refractivity contribution in [2.75, 3.05) is 0 Å². The SMILES string of the molecule is Cc1nc(C)c(CNC(=O)c2oc3c(C)ccc(C)c3c2C)s1. The molecule has 0 spiro atoms. The lowest BCUT2D eigenvalue weighted by Gasteiger charge is -2.02. The molecule has 0 radical (unpaired) electrons. The van der Waals surface area contributed by atoms with Gasteiger partial charge >= 0.3 is 0 Å². The number of furan rings is 1. The van der Waals surface area contributed by atoms with Crippen LogP contribution in [0.1, 0.15) is 42.8 Å². The molecule has 0 bridgehead atoms. The van der Waals surface area contributed by atoms with Crippen molar-refractivity contribution in [1.29, 1.82) is 0 Å². The number of thiazole rings is 1. The molecule has 0 saturated carbocycles. The van der Waals surface area contributed by atoms with Crippen LogP contribution in [-0.4, -0.2) is 10.9 Å². The first-order valence-electron chi connectivity index (χ1n) is 7.59. The van der Waals surface area contributed by atoms with E-state index in [-0.39, 0.29) is 5.91 Å². The van der Waals surface area contributed by atoms with Crippen LogP contribution in [-0.2, 0) is 6.54 Å². The van der Waals surface area contributed by atoms with Gasteiger partial charge < -0.3 is 9.73 Å². The van der Waals surface area contributed by atoms with Crippen LogP contribution < -0.4 is 5.32 Å². The van der Waals surface area contributed by atoms with Crippen LogP contribution in [0.4, 0.5) is 0 Å². The fraction of sp³-hybridized carbons (Fsp3) is 0.333. The lowest BCUT2D eigenvalue weighted by Crippen LogP contribution is -2.22. The molecular weight excluding hydrogens is 308 g/mol. The number of hydrogen-bond acceptors (Lipinski definition) is 4. The molecule has 1 amide bonds. The molecule has 1 N–H and O–H groups in total. The van der Waals surface area contributed by atoms with Gasteiger partial charge in [-0.1, -0.05) is 12.1 Å². The average molecular weight is 328 g/mol. The highest BCUT2D eigenvalue weighted by Gasteiger charge is 2.20. The maximum absolute atomic E-state index is 12.5. The highest BCUT2D eigenvalue weighted by atomic mass is 32.1. The van der Waals surface area contributed by atoms with E-state index < -0.39 is 0 Å². The van der Waals surface area contributed by atoms with Crippen LogP contribution in [0.15, 0.2) is 16.5 Å². The van der Waals surface area contributed by atoms with Gasteiger partial charge in [-0.2, -0.15) is 0 Å². The molecular formula is C18H20N2O2S. The molecule has 3 aromatic rings. The molecule has 0 fully saturated rings. The number of carbonyl (C=O) groups excluding carboxylic acids is 1. The molecule has 4 nitrogen and oxygen atoms in total. The Bertz CT molecular complexity index is 906. The van der Waals surface area contributed by atoms with Gasteiger partial charge in [0.15, 0.2) is 5.76 Å². The molecule has 0 aliphatic rings. The number of nitrogens with one attached hydrogen (secondary N) is 1. The van der Waals surface area contributed by atoms with E-state index in [4.69, 9.17) is 4.42 Å². The summed E-state index contributed by atoms with van der Waals surface area (Å²) in [4.78, 5) is 18.0. The molecule has 2 aromatic heterocycles. The van der Waals surface area contributed by atoms with Gasteiger partial charge in [0, 0.05) is 15.8 Å². The Morgan fingerprint density at radius 2 is 1.87 bits per heavy atom. The summed E-state index contributed by atoms with van der Waals surface area (Å²) in [5, 5.41) is 5.00. The molecule has 0 aliphatic heterocycles. The Morgan fingerprint density at radius 3 is 2.48 bits per heavy atom. The third kappa shape index (κ3) is 2.77. The topological polar surface area (TPSA) is 55.1 Å². The van der Waals surface area contributed by atoms with Gasteiger partial charge in [0.05, 0.1) is 17.2 Å². The van der Waals surface area contributed by atoms with Crippen molar-refractivity contribution in [3.05, 3.63) is 50.2 Å². The molecule has 0 atom stereocenters. The first kappa shape index (κ1) is 15.7. The van der Waals surface area contributed by atoms with Crippen LogP contribution in [0.5, 0.6) is 0 Å². The van der Waals surface area contributed by atoms with E-state index in [0.717, 1.165) is 43.2 Å². The van der Waals surface area contributed by atoms with Crippen molar-refractivity contribution in [3.8, 4) is 0 Å². The predicted octanol–water partition coefficient (Wildman–Crippen LogP) is 4.36. The van der Waals surface area contributed by atoms with Crippen molar-refractivity contribution in [1.82, 2.24) is 10.3 Å². The number of aromatic nitrogens is 1. The summed E-state index contributed by atoms with van der Waals surface area (Å²) >= 11 is 1.61. The second kappa shape index (κ2) is 5.81. The molecule has 0 saturated heterocycles. The number of benzene rings is 1. The monoisotopic (exact) mass is 328 g/mol. The lowest BCUT2D eigenvalue weighted by molar-refractivity contribution is 0.0925. The van der Waals surface area contributed by atoms with E-state index in [0.29, 0.717) is 12.3 Å². The van der Waals surface area contributed by atoms with Crippen molar-refractivity contribution in [2.45, 2.75) is 41.2 Å². The smallest absolute Gasteiger partial charge is 0.287 e. The van der Waals surface area contributed by atoms with Crippen molar-refractivity contribution < 1.29 is 9.21 Å². The molecule has 0 unspecified atom stereocenters. The average Bonchev–Trinajstić information content (AvgIpc) is 3.01. The number of aryl methyl sites for hydroxylation is 5. The first-order chi connectivity index (χ1) is 10.9. The standard InChI is InChI=1S/C18H20N2O2S/c1-9-6-7-10(2)16-15(9)11(3)17(22-16)18(21)19-8-14-12(4)20-13(5)23-14/h6-7H,8H2,1-5H3,(H,19,21). The summed E-state index contributed by atoms with van der Waals surface area (Å²) in [7, 11) is 0. The quantitative estimate of drug-likeness (QED) is 0.777. The van der Waals surface area contributed by atoms with E-state index in [2.05, 4.69) is 16.4 Å². The van der Waals surface area contributed by atoms with Gasteiger partial charge in [-0.25, -0.2) is 4.98 Å². The summed E-state index contributed by atoms with van der Waals surface area (Å²) < 4.78 is 5.87. The van der Waals surface area contributed by atoms with Crippen LogP contribution in [0.2, 0.25) is 0 Å². The largest absolute Gasteiger partial charge is 0.450 e. The number of carbonyl (C=O) groups is 1. The molecule has 0 aliphatic carbocycles. The Hall–Kier alpha value is -2.14. The van der Waals surface area contributed by atoms with E-state index in [1.807, 2.05) is 40.7 Å². The van der Waals surface area contributed by atoms with Gasteiger partial charge in [-0.05, 0) is 45.7 Å². The van der Waals surface area contributed by atoms with E-state index in [1.165, 1.54) is 0 Å². The van der Waals surface area contributed by atoms with Gasteiger partial charge in [0.1, 0.15) is 5.58 Å². The second-order valence-corrected chi connectivity index (χ2v) is 7.17. The maximum Gasteiger partial charge on any atom is 0.287 e. The predicted molar refractivity (Wildman–Crippen MR) is 93.2 cm³/mol. The third-order valence-electron chi connectivity index (χ3n) is 4.10. The summed E-state index contributed by atoms with van der Waals surface area (Å²) in [6.07, 6.45) is 0. The Balaban J connectivity index is 1.89. The minimum Gasteiger partial charge on any atom is -0.450 e. The summed E-state index contributed by atoms with van der Waals surface area (Å²) in [5.41, 5.74) is 4.84. The lowest BCUT2D eigenvalue weighted by atomic mass is 10.0. The van der Waals surface area contributed by atoms with Crippen molar-refractivity contribution in [2.24, 2.45) is 0 Å². The van der Waals surface area contributed by atoms with Crippen molar-refractivity contribution in [3.63, 3.8) is 0 Å². The summed E-state index contributed by atoms with van der Waals surface area (Å²) in [6, 6.07) is 4.08. The van der Waals surface area contributed by atoms with Crippen molar-refractivity contribution >= 4 is 28.2 Å². The molecule has 5 heteroatoms. The minimum absolute atomic E-state index is 0.178. The van der Waals surface area contributed by atoms with Crippen LogP contribution in [0, 0.1) is 34.6 Å². The zero-order valence-corrected chi connectivity index (χ0v) is 14.9. The normalized spacial score (nSPS) is 11.2. The number of hydrogen-bond donors (Lipinski definition) is 1. The molecule has 120 valence electrons. The number of rotatable bonds is 3. The van der Waals surface area contributed by atoms with Gasteiger partial charge in [0.2, 0.25) is 0 Å². The maximum atomic E-state index is 12.5. The van der Waals surface area contributed by atoms with E-state index >= 15 is 0 Å². The van der Waals surface area contributed by atoms with E-state index in [1.54, 1.807) is 11.3 Å². The van der Waals surface area contributed by atoms with Gasteiger partial charge in [0.25, 0.3) is 5.91 Å². The molecule has 23 heavy (non-hydrogen) atoms. The fourth-order valence-electron chi connectivity index (χ4n) is 2.87. The minimum atomic E-state index is -0.178. The van der Waals surface area contributed by atoms with Crippen LogP contribution in [0.25, 0.3) is 11.0 Å². The fourth-order valence-corrected chi connectivity index (χ4v) is 3.75. The Morgan fingerprint density at radius 1 is 1.17 bits per heavy atom. The van der Waals surface area contributed by atoms with Crippen LogP contribution in [0.3, 0.4) is 0 Å². The molecule has 3 rings (SSSR count). The molecule has 2 heterocycles. The Kier molecular flexibility index (Phi) is 3.98. The highest BCUT2D eigenvalue weighted by molar-refractivity contribution is 7.11. The second-order valence-electron chi connectivity index (χ2n) is 5.88.